The molecule has 216 valence electrons. The molecule has 0 amide bonds. The number of rotatable bonds is 19. The first-order chi connectivity index (χ1) is 17.2. The van der Waals surface area contributed by atoms with E-state index in [1.165, 1.54) is 0 Å². The van der Waals surface area contributed by atoms with Crippen LogP contribution in [0.2, 0.25) is 0 Å². The molecule has 0 bridgehead atoms. The second kappa shape index (κ2) is 21.3. The largest absolute Gasteiger partial charge is 0.343 e. The highest BCUT2D eigenvalue weighted by Gasteiger charge is 2.55. The fraction of sp³-hybridized carbons (Fsp3) is 1.00. The summed E-state index contributed by atoms with van der Waals surface area (Å²) in [4.78, 5) is 7.56. The van der Waals surface area contributed by atoms with Gasteiger partial charge in [-0.1, -0.05) is 0 Å². The van der Waals surface area contributed by atoms with Gasteiger partial charge in [0.05, 0.1) is 0 Å². The summed E-state index contributed by atoms with van der Waals surface area (Å²) in [6, 6.07) is 0. The van der Waals surface area contributed by atoms with Gasteiger partial charge >= 0.3 is 7.87 Å². The molecule has 0 unspecified atom stereocenters. The van der Waals surface area contributed by atoms with E-state index in [-0.39, 0.29) is 0 Å². The number of hydrogen-bond acceptors (Lipinski definition) is 7. The molecule has 9 nitrogen and oxygen atoms in total. The van der Waals surface area contributed by atoms with Crippen LogP contribution in [0.25, 0.3) is 10.4 Å². The lowest BCUT2D eigenvalue weighted by Gasteiger charge is -2.41. The summed E-state index contributed by atoms with van der Waals surface area (Å²) >= 11 is 4.13. The minimum Gasteiger partial charge on any atom is -0.140 e. The number of azide groups is 1. The molecule has 0 fully saturated rings. The number of hydrogen-bond donors (Lipinski definition) is 0. The van der Waals surface area contributed by atoms with Gasteiger partial charge in [0.25, 0.3) is 6.42 Å². The highest BCUT2D eigenvalue weighted by atomic mass is 79.9. The minimum atomic E-state index is -2.12. The van der Waals surface area contributed by atoms with Crippen LogP contribution in [0.3, 0.4) is 0 Å². The summed E-state index contributed by atoms with van der Waals surface area (Å²) in [5.74, 6) is 0. The molecule has 0 atom stereocenters. The van der Waals surface area contributed by atoms with E-state index < -0.39 is 14.3 Å². The van der Waals surface area contributed by atoms with Gasteiger partial charge in [0.2, 0.25) is 15.5 Å². The summed E-state index contributed by atoms with van der Waals surface area (Å²) in [5.41, 5.74) is 9.13. The standard InChI is InChI=1S/C12H30BrN3P.C12H30N6P/c1-7-14(8-2)17(13,15(9-3)10-4)16(11-5)12-6;1-7-16(8-2)19(15-14-13,17(9-3)10-4)18(11-5)12-6/h7-12H2,1-6H3;7-12H2,1-6H3/q2*+1. The molecule has 0 spiro atoms. The summed E-state index contributed by atoms with van der Waals surface area (Å²) in [6.07, 6.45) is -1.49. The van der Waals surface area contributed by atoms with Gasteiger partial charge in [-0.2, -0.15) is 0 Å². The Kier molecular flexibility index (Phi) is 22.8. The third-order valence-corrected chi connectivity index (χ3v) is 18.9. The molecule has 0 rings (SSSR count). The smallest absolute Gasteiger partial charge is 0.140 e. The van der Waals surface area contributed by atoms with Gasteiger partial charge < -0.3 is 0 Å². The van der Waals surface area contributed by atoms with Crippen molar-refractivity contribution in [1.29, 1.82) is 0 Å². The molecular weight excluding hydrogens is 556 g/mol. The lowest BCUT2D eigenvalue weighted by molar-refractivity contribution is 0.329. The quantitative estimate of drug-likeness (QED) is 0.0633. The third kappa shape index (κ3) is 9.26. The van der Waals surface area contributed by atoms with Gasteiger partial charge in [-0.15, -0.1) is 28.0 Å². The van der Waals surface area contributed by atoms with Crippen molar-refractivity contribution in [3.05, 3.63) is 10.4 Å². The Morgan fingerprint density at radius 3 is 0.806 bits per heavy atom. The summed E-state index contributed by atoms with van der Waals surface area (Å²) < 4.78 is 14.8. The van der Waals surface area contributed by atoms with E-state index in [0.717, 1.165) is 78.5 Å². The molecule has 0 aromatic carbocycles. The first-order valence-electron chi connectivity index (χ1n) is 14.2. The van der Waals surface area contributed by atoms with Crippen LogP contribution in [0, 0.1) is 0 Å². The molecule has 12 heteroatoms. The van der Waals surface area contributed by atoms with Gasteiger partial charge in [-0.25, -0.2) is 0 Å². The maximum atomic E-state index is 9.13. The lowest BCUT2D eigenvalue weighted by Crippen LogP contribution is -2.44. The van der Waals surface area contributed by atoms with Gasteiger partial charge in [0, 0.05) is 83.4 Å². The van der Waals surface area contributed by atoms with Crippen LogP contribution in [0.15, 0.2) is 4.88 Å². The van der Waals surface area contributed by atoms with Crippen molar-refractivity contribution in [3.8, 4) is 0 Å². The van der Waals surface area contributed by atoms with Crippen molar-refractivity contribution in [2.24, 2.45) is 4.88 Å². The van der Waals surface area contributed by atoms with Gasteiger partial charge in [-0.05, 0) is 88.6 Å². The predicted octanol–water partition coefficient (Wildman–Crippen LogP) is 8.08. The molecule has 0 aromatic heterocycles. The van der Waals surface area contributed by atoms with Crippen molar-refractivity contribution in [3.63, 3.8) is 0 Å². The Morgan fingerprint density at radius 2 is 0.667 bits per heavy atom. The molecule has 0 aliphatic rings. The Balaban J connectivity index is 0. The fourth-order valence-corrected chi connectivity index (χ4v) is 15.9. The lowest BCUT2D eigenvalue weighted by atomic mass is 10.7. The highest BCUT2D eigenvalue weighted by Crippen LogP contribution is 2.73. The monoisotopic (exact) mass is 615 g/mol. The SMILES string of the molecule is CCN(CC)[P+](Br)(N(CC)CC)N(CC)CC.CCN(CC)[P+](N=[N+]=[N-])(N(CC)CC)N(CC)CC. The maximum Gasteiger partial charge on any atom is 0.343 e. The molecule has 0 saturated heterocycles. The average Bonchev–Trinajstić information content (AvgIpc) is 2.88. The third-order valence-electron chi connectivity index (χ3n) is 6.76. The maximum absolute atomic E-state index is 9.13. The summed E-state index contributed by atoms with van der Waals surface area (Å²) in [7, 11) is -2.12. The van der Waals surface area contributed by atoms with Crippen LogP contribution in [0.4, 0.5) is 0 Å². The van der Waals surface area contributed by atoms with Crippen molar-refractivity contribution >= 4 is 29.8 Å². The number of halogens is 1. The Labute approximate surface area is 234 Å². The normalized spacial score (nSPS) is 12.6. The number of nitrogens with zero attached hydrogens (tertiary/aromatic N) is 9. The molecule has 0 aliphatic heterocycles. The van der Waals surface area contributed by atoms with Crippen LogP contribution in [0.1, 0.15) is 83.1 Å². The predicted molar refractivity (Wildman–Crippen MR) is 169 cm³/mol. The van der Waals surface area contributed by atoms with Crippen LogP contribution < -0.4 is 0 Å². The van der Waals surface area contributed by atoms with Crippen LogP contribution in [-0.4, -0.2) is 107 Å². The first-order valence-corrected chi connectivity index (χ1v) is 19.5. The minimum absolute atomic E-state index is 0.899. The first kappa shape index (κ1) is 38.6. The van der Waals surface area contributed by atoms with Crippen molar-refractivity contribution in [2.75, 3.05) is 78.5 Å². The van der Waals surface area contributed by atoms with Gasteiger partial charge in [0.15, 0.2) is 0 Å². The van der Waals surface area contributed by atoms with Gasteiger partial charge in [0.1, 0.15) is 4.88 Å². The molecule has 0 N–H and O–H groups in total. The van der Waals surface area contributed by atoms with Crippen molar-refractivity contribution in [1.82, 2.24) is 28.0 Å². The Morgan fingerprint density at radius 1 is 0.472 bits per heavy atom. The van der Waals surface area contributed by atoms with E-state index in [4.69, 9.17) is 5.53 Å². The van der Waals surface area contributed by atoms with Crippen molar-refractivity contribution in [2.45, 2.75) is 83.1 Å². The van der Waals surface area contributed by atoms with E-state index in [0.29, 0.717) is 0 Å². The van der Waals surface area contributed by atoms with E-state index >= 15 is 0 Å². The zero-order valence-electron chi connectivity index (χ0n) is 25.8. The molecule has 0 aromatic rings. The Hall–Kier alpha value is 0.410. The zero-order valence-corrected chi connectivity index (χ0v) is 29.2. The highest BCUT2D eigenvalue weighted by molar-refractivity contribution is 9.41. The topological polar surface area (TPSA) is 68.2 Å². The van der Waals surface area contributed by atoms with Crippen LogP contribution in [-0.2, 0) is 0 Å². The molecule has 0 heterocycles. The van der Waals surface area contributed by atoms with Crippen LogP contribution in [0.5, 0.6) is 0 Å². The van der Waals surface area contributed by atoms with E-state index in [1.807, 2.05) is 0 Å². The fourth-order valence-electron chi connectivity index (χ4n) is 4.86. The zero-order chi connectivity index (χ0) is 28.4. The second-order valence-electron chi connectivity index (χ2n) is 8.04. The molecular formula is C24H60BrN9P2+2. The van der Waals surface area contributed by atoms with Crippen molar-refractivity contribution < 1.29 is 0 Å². The summed E-state index contributed by atoms with van der Waals surface area (Å²) in [6.45, 7) is 38.4. The van der Waals surface area contributed by atoms with E-state index in [2.05, 4.69) is 136 Å². The molecule has 36 heavy (non-hydrogen) atoms. The van der Waals surface area contributed by atoms with Gasteiger partial charge in [-0.3, -0.25) is 0 Å². The summed E-state index contributed by atoms with van der Waals surface area (Å²) in [5, 5.41) is 0. The van der Waals surface area contributed by atoms with Crippen LogP contribution >= 0.6 is 29.8 Å². The molecule has 0 radical (unpaired) electrons. The molecule has 0 saturated carbocycles. The van der Waals surface area contributed by atoms with E-state index in [1.54, 1.807) is 0 Å². The Bertz CT molecular complexity index is 509. The average molecular weight is 617 g/mol. The van der Waals surface area contributed by atoms with E-state index in [9.17, 15) is 0 Å². The molecule has 0 aliphatic carbocycles. The second-order valence-corrected chi connectivity index (χ2v) is 16.5.